The van der Waals surface area contributed by atoms with Gasteiger partial charge in [-0.3, -0.25) is 4.90 Å². The van der Waals surface area contributed by atoms with E-state index in [1.807, 2.05) is 24.3 Å². The van der Waals surface area contributed by atoms with Crippen molar-refractivity contribution in [3.8, 4) is 5.75 Å². The van der Waals surface area contributed by atoms with E-state index in [9.17, 15) is 0 Å². The van der Waals surface area contributed by atoms with Crippen molar-refractivity contribution in [3.05, 3.63) is 30.3 Å². The Hall–Kier alpha value is -1.06. The van der Waals surface area contributed by atoms with Crippen molar-refractivity contribution in [1.82, 2.24) is 4.90 Å². The van der Waals surface area contributed by atoms with E-state index < -0.39 is 0 Å². The highest BCUT2D eigenvalue weighted by atomic mass is 16.5. The van der Waals surface area contributed by atoms with E-state index in [-0.39, 0.29) is 6.23 Å². The normalized spacial score (nSPS) is 19.8. The fourth-order valence-corrected chi connectivity index (χ4v) is 1.65. The van der Waals surface area contributed by atoms with Gasteiger partial charge in [-0.15, -0.1) is 0 Å². The maximum Gasteiger partial charge on any atom is 0.150 e. The molecule has 0 saturated carbocycles. The van der Waals surface area contributed by atoms with Crippen LogP contribution in [0.2, 0.25) is 0 Å². The highest BCUT2D eigenvalue weighted by Crippen LogP contribution is 2.12. The van der Waals surface area contributed by atoms with Crippen LogP contribution < -0.4 is 4.74 Å². The zero-order valence-corrected chi connectivity index (χ0v) is 8.98. The second-order valence-corrected chi connectivity index (χ2v) is 3.59. The molecular weight excluding hydrogens is 190 g/mol. The van der Waals surface area contributed by atoms with Gasteiger partial charge in [-0.1, -0.05) is 18.2 Å². The van der Waals surface area contributed by atoms with Crippen LogP contribution in [0.15, 0.2) is 24.3 Å². The Kier molecular flexibility index (Phi) is 3.59. The van der Waals surface area contributed by atoms with Crippen molar-refractivity contribution < 1.29 is 9.47 Å². The van der Waals surface area contributed by atoms with Crippen LogP contribution in [0.4, 0.5) is 0 Å². The highest BCUT2D eigenvalue weighted by molar-refractivity contribution is 5.19. The predicted octanol–water partition coefficient (Wildman–Crippen LogP) is 1.54. The van der Waals surface area contributed by atoms with Gasteiger partial charge < -0.3 is 9.47 Å². The van der Waals surface area contributed by atoms with Gasteiger partial charge in [-0.25, -0.2) is 0 Å². The molecule has 1 unspecified atom stereocenters. The topological polar surface area (TPSA) is 21.7 Å². The zero-order valence-electron chi connectivity index (χ0n) is 8.98. The van der Waals surface area contributed by atoms with Crippen LogP contribution in [0.1, 0.15) is 6.92 Å². The summed E-state index contributed by atoms with van der Waals surface area (Å²) < 4.78 is 11.1. The van der Waals surface area contributed by atoms with Crippen molar-refractivity contribution in [1.29, 1.82) is 0 Å². The van der Waals surface area contributed by atoms with Crippen LogP contribution in [-0.4, -0.2) is 37.4 Å². The molecule has 0 amide bonds. The molecule has 0 aromatic heterocycles. The van der Waals surface area contributed by atoms with Gasteiger partial charge in [0.15, 0.2) is 0 Å². The first-order chi connectivity index (χ1) is 7.36. The Labute approximate surface area is 90.6 Å². The highest BCUT2D eigenvalue weighted by Gasteiger charge is 2.17. The molecule has 1 aliphatic heterocycles. The number of nitrogens with zero attached hydrogens (tertiary/aromatic N) is 1. The molecule has 1 fully saturated rings. The minimum atomic E-state index is 0.0903. The molecule has 1 saturated heterocycles. The SMILES string of the molecule is CC(Oc1[c]cccc1)N1CCOCC1. The van der Waals surface area contributed by atoms with Crippen molar-refractivity contribution in [2.45, 2.75) is 13.2 Å². The van der Waals surface area contributed by atoms with E-state index in [0.717, 1.165) is 32.1 Å². The Bertz CT molecular complexity index is 283. The molecule has 3 nitrogen and oxygen atoms in total. The fourth-order valence-electron chi connectivity index (χ4n) is 1.65. The minimum absolute atomic E-state index is 0.0903. The third-order valence-corrected chi connectivity index (χ3v) is 2.54. The average Bonchev–Trinajstić information content (AvgIpc) is 2.31. The van der Waals surface area contributed by atoms with Crippen molar-refractivity contribution in [2.75, 3.05) is 26.3 Å². The first-order valence-corrected chi connectivity index (χ1v) is 5.31. The number of rotatable bonds is 3. The number of hydrogen-bond donors (Lipinski definition) is 0. The molecule has 1 aliphatic rings. The molecule has 15 heavy (non-hydrogen) atoms. The number of hydrogen-bond acceptors (Lipinski definition) is 3. The minimum Gasteiger partial charge on any atom is -0.475 e. The van der Waals surface area contributed by atoms with Gasteiger partial charge in [0.2, 0.25) is 0 Å². The third-order valence-electron chi connectivity index (χ3n) is 2.54. The van der Waals surface area contributed by atoms with Gasteiger partial charge in [0.05, 0.1) is 13.2 Å². The van der Waals surface area contributed by atoms with Crippen molar-refractivity contribution >= 4 is 0 Å². The maximum absolute atomic E-state index is 5.77. The molecule has 1 radical (unpaired) electrons. The standard InChI is InChI=1S/C12H16NO2/c1-11(13-7-9-14-10-8-13)15-12-5-3-2-4-6-12/h2-5,11H,7-10H2,1H3. The molecule has 1 aromatic rings. The van der Waals surface area contributed by atoms with Gasteiger partial charge in [0.25, 0.3) is 0 Å². The first-order valence-electron chi connectivity index (χ1n) is 5.31. The third kappa shape index (κ3) is 2.94. The average molecular weight is 206 g/mol. The molecule has 2 rings (SSSR count). The molecule has 81 valence electrons. The Balaban J connectivity index is 1.88. The van der Waals surface area contributed by atoms with Crippen LogP contribution in [0.25, 0.3) is 0 Å². The maximum atomic E-state index is 5.77. The second kappa shape index (κ2) is 5.14. The van der Waals surface area contributed by atoms with Crippen LogP contribution in [0.5, 0.6) is 5.75 Å². The molecule has 0 N–H and O–H groups in total. The number of para-hydroxylation sites is 1. The predicted molar refractivity (Wildman–Crippen MR) is 57.8 cm³/mol. The van der Waals surface area contributed by atoms with Crippen LogP contribution in [0.3, 0.4) is 0 Å². The number of ether oxygens (including phenoxy) is 2. The van der Waals surface area contributed by atoms with E-state index in [0.29, 0.717) is 0 Å². The molecule has 1 aromatic carbocycles. The Morgan fingerprint density at radius 2 is 2.20 bits per heavy atom. The lowest BCUT2D eigenvalue weighted by Crippen LogP contribution is -2.44. The van der Waals surface area contributed by atoms with Crippen molar-refractivity contribution in [2.24, 2.45) is 0 Å². The van der Waals surface area contributed by atoms with E-state index in [1.165, 1.54) is 0 Å². The molecule has 0 bridgehead atoms. The summed E-state index contributed by atoms with van der Waals surface area (Å²) in [6.45, 7) is 5.53. The fraction of sp³-hybridized carbons (Fsp3) is 0.500. The van der Waals surface area contributed by atoms with Crippen LogP contribution in [0, 0.1) is 6.07 Å². The van der Waals surface area contributed by atoms with Crippen LogP contribution in [-0.2, 0) is 4.74 Å². The summed E-state index contributed by atoms with van der Waals surface area (Å²) in [5, 5.41) is 0. The molecule has 1 heterocycles. The van der Waals surface area contributed by atoms with Gasteiger partial charge in [0.1, 0.15) is 12.0 Å². The molecule has 0 spiro atoms. The molecule has 1 atom stereocenters. The van der Waals surface area contributed by atoms with E-state index in [1.54, 1.807) is 0 Å². The lowest BCUT2D eigenvalue weighted by Gasteiger charge is -2.32. The number of benzene rings is 1. The van der Waals surface area contributed by atoms with Gasteiger partial charge >= 0.3 is 0 Å². The monoisotopic (exact) mass is 206 g/mol. The lowest BCUT2D eigenvalue weighted by molar-refractivity contribution is -0.0374. The molecule has 3 heteroatoms. The van der Waals surface area contributed by atoms with E-state index in [4.69, 9.17) is 9.47 Å². The molecule has 0 aliphatic carbocycles. The lowest BCUT2D eigenvalue weighted by atomic mass is 10.3. The summed E-state index contributed by atoms with van der Waals surface area (Å²) in [7, 11) is 0. The van der Waals surface area contributed by atoms with Gasteiger partial charge in [-0.2, -0.15) is 0 Å². The molecular formula is C12H16NO2. The van der Waals surface area contributed by atoms with Crippen molar-refractivity contribution in [3.63, 3.8) is 0 Å². The first kappa shape index (κ1) is 10.5. The summed E-state index contributed by atoms with van der Waals surface area (Å²) in [5.74, 6) is 0.802. The second-order valence-electron chi connectivity index (χ2n) is 3.59. The Morgan fingerprint density at radius 3 is 2.87 bits per heavy atom. The zero-order chi connectivity index (χ0) is 10.5. The Morgan fingerprint density at radius 1 is 1.40 bits per heavy atom. The van der Waals surface area contributed by atoms with E-state index >= 15 is 0 Å². The largest absolute Gasteiger partial charge is 0.475 e. The van der Waals surface area contributed by atoms with Gasteiger partial charge in [-0.05, 0) is 13.0 Å². The quantitative estimate of drug-likeness (QED) is 0.749. The van der Waals surface area contributed by atoms with Crippen LogP contribution >= 0.6 is 0 Å². The summed E-state index contributed by atoms with van der Waals surface area (Å²) in [6.07, 6.45) is 0.0903. The smallest absolute Gasteiger partial charge is 0.150 e. The number of morpholine rings is 1. The summed E-state index contributed by atoms with van der Waals surface area (Å²) in [5.41, 5.74) is 0. The summed E-state index contributed by atoms with van der Waals surface area (Å²) in [6, 6.07) is 10.7. The summed E-state index contributed by atoms with van der Waals surface area (Å²) >= 11 is 0. The van der Waals surface area contributed by atoms with E-state index in [2.05, 4.69) is 17.9 Å². The summed E-state index contributed by atoms with van der Waals surface area (Å²) in [4.78, 5) is 2.27. The van der Waals surface area contributed by atoms with Gasteiger partial charge in [0, 0.05) is 19.2 Å².